The van der Waals surface area contributed by atoms with Crippen LogP contribution in [0.4, 0.5) is 0 Å². The van der Waals surface area contributed by atoms with E-state index in [1.807, 2.05) is 37.3 Å². The van der Waals surface area contributed by atoms with E-state index >= 15 is 0 Å². The maximum atomic E-state index is 5.67. The summed E-state index contributed by atoms with van der Waals surface area (Å²) in [6.07, 6.45) is 0. The Labute approximate surface area is 136 Å². The van der Waals surface area contributed by atoms with Gasteiger partial charge in [-0.15, -0.1) is 0 Å². The summed E-state index contributed by atoms with van der Waals surface area (Å²) in [6, 6.07) is 14.1. The van der Waals surface area contributed by atoms with Crippen LogP contribution in [0, 0.1) is 0 Å². The average molecular weight is 311 g/mol. The third-order valence-corrected chi connectivity index (χ3v) is 3.48. The summed E-state index contributed by atoms with van der Waals surface area (Å²) in [5.41, 5.74) is 3.37. The van der Waals surface area contributed by atoms with Gasteiger partial charge in [0.1, 0.15) is 12.4 Å². The number of rotatable bonds is 7. The smallest absolute Gasteiger partial charge is 0.231 e. The molecule has 0 aromatic heterocycles. The van der Waals surface area contributed by atoms with E-state index in [2.05, 4.69) is 24.0 Å². The fraction of sp³-hybridized carbons (Fsp3) is 0.263. The van der Waals surface area contributed by atoms with Crippen LogP contribution >= 0.6 is 0 Å². The highest BCUT2D eigenvalue weighted by molar-refractivity contribution is 5.44. The second-order valence-electron chi connectivity index (χ2n) is 5.68. The normalized spacial score (nSPS) is 12.2. The monoisotopic (exact) mass is 311 g/mol. The highest BCUT2D eigenvalue weighted by Crippen LogP contribution is 2.32. The van der Waals surface area contributed by atoms with Crippen LogP contribution in [0.3, 0.4) is 0 Å². The summed E-state index contributed by atoms with van der Waals surface area (Å²) in [5, 5.41) is 3.43. The topological polar surface area (TPSA) is 39.7 Å². The molecule has 0 radical (unpaired) electrons. The van der Waals surface area contributed by atoms with Gasteiger partial charge < -0.3 is 19.5 Å². The molecular weight excluding hydrogens is 290 g/mol. The van der Waals surface area contributed by atoms with Gasteiger partial charge >= 0.3 is 0 Å². The van der Waals surface area contributed by atoms with Gasteiger partial charge in [0.15, 0.2) is 11.5 Å². The molecule has 2 aromatic rings. The van der Waals surface area contributed by atoms with Crippen molar-refractivity contribution in [2.45, 2.75) is 20.0 Å². The van der Waals surface area contributed by atoms with Crippen molar-refractivity contribution in [2.75, 3.05) is 13.4 Å². The van der Waals surface area contributed by atoms with Gasteiger partial charge in [0, 0.05) is 13.1 Å². The first kappa shape index (κ1) is 15.4. The molecule has 1 N–H and O–H groups in total. The van der Waals surface area contributed by atoms with Crippen LogP contribution < -0.4 is 19.5 Å². The second-order valence-corrected chi connectivity index (χ2v) is 5.68. The molecule has 2 aromatic carbocycles. The molecule has 1 aliphatic heterocycles. The molecule has 23 heavy (non-hydrogen) atoms. The summed E-state index contributed by atoms with van der Waals surface area (Å²) in [5.74, 6) is 2.51. The van der Waals surface area contributed by atoms with Gasteiger partial charge in [-0.1, -0.05) is 24.8 Å². The van der Waals surface area contributed by atoms with Crippen molar-refractivity contribution in [3.8, 4) is 17.2 Å². The molecule has 0 bridgehead atoms. The minimum Gasteiger partial charge on any atom is -0.489 e. The van der Waals surface area contributed by atoms with Crippen LogP contribution in [0.2, 0.25) is 0 Å². The molecule has 0 aliphatic carbocycles. The van der Waals surface area contributed by atoms with E-state index in [9.17, 15) is 0 Å². The molecule has 1 aliphatic rings. The van der Waals surface area contributed by atoms with E-state index in [4.69, 9.17) is 14.2 Å². The minimum atomic E-state index is 0.309. The van der Waals surface area contributed by atoms with Crippen LogP contribution in [0.5, 0.6) is 17.2 Å². The zero-order valence-corrected chi connectivity index (χ0v) is 13.3. The van der Waals surface area contributed by atoms with Crippen molar-refractivity contribution in [1.29, 1.82) is 0 Å². The van der Waals surface area contributed by atoms with Crippen molar-refractivity contribution < 1.29 is 14.2 Å². The lowest BCUT2D eigenvalue weighted by molar-refractivity contribution is 0.174. The molecule has 0 fully saturated rings. The number of hydrogen-bond acceptors (Lipinski definition) is 4. The molecule has 0 saturated carbocycles. The molecule has 1 heterocycles. The third-order valence-electron chi connectivity index (χ3n) is 3.48. The molecular formula is C19H21NO3. The van der Waals surface area contributed by atoms with Gasteiger partial charge in [-0.3, -0.25) is 0 Å². The maximum absolute atomic E-state index is 5.67. The Hall–Kier alpha value is -2.46. The van der Waals surface area contributed by atoms with Crippen molar-refractivity contribution in [3.63, 3.8) is 0 Å². The fourth-order valence-electron chi connectivity index (χ4n) is 2.35. The molecule has 0 saturated heterocycles. The Morgan fingerprint density at radius 2 is 1.87 bits per heavy atom. The lowest BCUT2D eigenvalue weighted by Gasteiger charge is -2.09. The zero-order valence-electron chi connectivity index (χ0n) is 13.3. The van der Waals surface area contributed by atoms with E-state index in [0.717, 1.165) is 35.9 Å². The number of ether oxygens (including phenoxy) is 3. The van der Waals surface area contributed by atoms with Crippen LogP contribution in [-0.4, -0.2) is 13.4 Å². The number of hydrogen-bond donors (Lipinski definition) is 1. The lowest BCUT2D eigenvalue weighted by atomic mass is 10.2. The maximum Gasteiger partial charge on any atom is 0.231 e. The summed E-state index contributed by atoms with van der Waals surface area (Å²) in [4.78, 5) is 0. The van der Waals surface area contributed by atoms with E-state index in [-0.39, 0.29) is 0 Å². The average Bonchev–Trinajstić information content (AvgIpc) is 3.01. The lowest BCUT2D eigenvalue weighted by Crippen LogP contribution is -2.12. The van der Waals surface area contributed by atoms with Gasteiger partial charge in [0.2, 0.25) is 6.79 Å². The number of benzene rings is 2. The van der Waals surface area contributed by atoms with Crippen LogP contribution in [-0.2, 0) is 13.1 Å². The Morgan fingerprint density at radius 1 is 1.09 bits per heavy atom. The molecule has 3 rings (SSSR count). The Kier molecular flexibility index (Phi) is 4.83. The Bertz CT molecular complexity index is 697. The van der Waals surface area contributed by atoms with Crippen molar-refractivity contribution in [3.05, 3.63) is 65.7 Å². The zero-order chi connectivity index (χ0) is 16.1. The summed E-state index contributed by atoms with van der Waals surface area (Å²) >= 11 is 0. The van der Waals surface area contributed by atoms with E-state index < -0.39 is 0 Å². The first-order valence-corrected chi connectivity index (χ1v) is 7.66. The molecule has 0 amide bonds. The van der Waals surface area contributed by atoms with E-state index in [0.29, 0.717) is 13.4 Å². The van der Waals surface area contributed by atoms with Crippen LogP contribution in [0.1, 0.15) is 18.1 Å². The third kappa shape index (κ3) is 4.27. The number of fused-ring (bicyclic) bond motifs is 1. The quantitative estimate of drug-likeness (QED) is 0.792. The fourth-order valence-corrected chi connectivity index (χ4v) is 2.35. The van der Waals surface area contributed by atoms with Crippen molar-refractivity contribution in [2.24, 2.45) is 0 Å². The van der Waals surface area contributed by atoms with Crippen LogP contribution in [0.25, 0.3) is 0 Å². The molecule has 0 unspecified atom stereocenters. The van der Waals surface area contributed by atoms with Crippen LogP contribution in [0.15, 0.2) is 54.6 Å². The summed E-state index contributed by atoms with van der Waals surface area (Å²) in [6.45, 7) is 8.21. The SMILES string of the molecule is C=C(C)COc1cccc(CNCc2ccc3c(c2)OCO3)c1. The molecule has 0 spiro atoms. The Balaban J connectivity index is 1.52. The molecule has 120 valence electrons. The van der Waals surface area contributed by atoms with E-state index in [1.165, 1.54) is 11.1 Å². The van der Waals surface area contributed by atoms with Gasteiger partial charge in [0.05, 0.1) is 0 Å². The van der Waals surface area contributed by atoms with Gasteiger partial charge in [-0.05, 0) is 47.9 Å². The van der Waals surface area contributed by atoms with Crippen molar-refractivity contribution in [1.82, 2.24) is 5.32 Å². The predicted molar refractivity (Wildman–Crippen MR) is 89.9 cm³/mol. The number of nitrogens with one attached hydrogen (secondary N) is 1. The van der Waals surface area contributed by atoms with Gasteiger partial charge in [-0.2, -0.15) is 0 Å². The van der Waals surface area contributed by atoms with Gasteiger partial charge in [-0.25, -0.2) is 0 Å². The summed E-state index contributed by atoms with van der Waals surface area (Å²) < 4.78 is 16.4. The predicted octanol–water partition coefficient (Wildman–Crippen LogP) is 3.66. The molecule has 4 nitrogen and oxygen atoms in total. The second kappa shape index (κ2) is 7.20. The first-order valence-electron chi connectivity index (χ1n) is 7.66. The highest BCUT2D eigenvalue weighted by atomic mass is 16.7. The molecule has 0 atom stereocenters. The molecule has 4 heteroatoms. The minimum absolute atomic E-state index is 0.309. The standard InChI is InChI=1S/C19H21NO3/c1-14(2)12-21-17-5-3-4-15(8-17)10-20-11-16-6-7-18-19(9-16)23-13-22-18/h3-9,20H,1,10-13H2,2H3. The summed E-state index contributed by atoms with van der Waals surface area (Å²) in [7, 11) is 0. The largest absolute Gasteiger partial charge is 0.489 e. The first-order chi connectivity index (χ1) is 11.2. The van der Waals surface area contributed by atoms with Crippen molar-refractivity contribution >= 4 is 0 Å². The van der Waals surface area contributed by atoms with E-state index in [1.54, 1.807) is 0 Å². The van der Waals surface area contributed by atoms with Gasteiger partial charge in [0.25, 0.3) is 0 Å². The highest BCUT2D eigenvalue weighted by Gasteiger charge is 2.12. The Morgan fingerprint density at radius 3 is 2.70 bits per heavy atom.